The number of carbonyl (C=O) groups is 3. The summed E-state index contributed by atoms with van der Waals surface area (Å²) in [5.74, 6) is -1.10. The van der Waals surface area contributed by atoms with Crippen LogP contribution in [0.4, 0.5) is 0 Å². The third-order valence-corrected chi connectivity index (χ3v) is 4.29. The van der Waals surface area contributed by atoms with Crippen molar-refractivity contribution in [3.05, 3.63) is 59.2 Å². The minimum Gasteiger partial charge on any atom is -0.481 e. The normalized spacial score (nSPS) is 16.1. The monoisotopic (exact) mass is 339 g/mol. The van der Waals surface area contributed by atoms with E-state index in [0.717, 1.165) is 4.90 Å². The van der Waals surface area contributed by atoms with E-state index in [9.17, 15) is 19.5 Å². The van der Waals surface area contributed by atoms with Gasteiger partial charge in [-0.3, -0.25) is 19.3 Å². The average Bonchev–Trinajstić information content (AvgIpc) is 3.16. The number of ether oxygens (including phenoxy) is 2. The molecule has 2 aliphatic rings. The van der Waals surface area contributed by atoms with E-state index in [2.05, 4.69) is 0 Å². The van der Waals surface area contributed by atoms with E-state index in [1.807, 2.05) is 0 Å². The fourth-order valence-electron chi connectivity index (χ4n) is 3.13. The second kappa shape index (κ2) is 5.62. The Hall–Kier alpha value is -3.35. The lowest BCUT2D eigenvalue weighted by Crippen LogP contribution is -2.35. The SMILES string of the molecule is O=C(O)C[C@H](c1ccc2c(c1)OCO2)N1C(=O)c2ccccc2C1=O. The minimum absolute atomic E-state index is 0.0788. The molecule has 2 aromatic carbocycles. The molecule has 0 radical (unpaired) electrons. The van der Waals surface area contributed by atoms with Crippen LogP contribution in [0.2, 0.25) is 0 Å². The number of imide groups is 1. The number of nitrogens with zero attached hydrogens (tertiary/aromatic N) is 1. The van der Waals surface area contributed by atoms with Crippen LogP contribution >= 0.6 is 0 Å². The fourth-order valence-corrected chi connectivity index (χ4v) is 3.13. The van der Waals surface area contributed by atoms with Crippen LogP contribution in [-0.4, -0.2) is 34.6 Å². The Morgan fingerprint density at radius 1 is 1.04 bits per heavy atom. The topological polar surface area (TPSA) is 93.1 Å². The van der Waals surface area contributed by atoms with Crippen molar-refractivity contribution in [3.8, 4) is 11.5 Å². The highest BCUT2D eigenvalue weighted by Gasteiger charge is 2.41. The Morgan fingerprint density at radius 3 is 2.32 bits per heavy atom. The zero-order valence-electron chi connectivity index (χ0n) is 13.0. The van der Waals surface area contributed by atoms with Crippen LogP contribution in [0.1, 0.15) is 38.7 Å². The van der Waals surface area contributed by atoms with E-state index >= 15 is 0 Å². The molecular formula is C18H13NO6. The van der Waals surface area contributed by atoms with Crippen molar-refractivity contribution in [2.24, 2.45) is 0 Å². The van der Waals surface area contributed by atoms with E-state index in [0.29, 0.717) is 17.1 Å². The predicted molar refractivity (Wildman–Crippen MR) is 84.5 cm³/mol. The van der Waals surface area contributed by atoms with E-state index in [4.69, 9.17) is 9.47 Å². The first-order chi connectivity index (χ1) is 12.1. The molecule has 2 aliphatic heterocycles. The molecule has 0 fully saturated rings. The predicted octanol–water partition coefficient (Wildman–Crippen LogP) is 2.23. The summed E-state index contributed by atoms with van der Waals surface area (Å²) < 4.78 is 10.6. The van der Waals surface area contributed by atoms with Crippen molar-refractivity contribution >= 4 is 17.8 Å². The molecule has 0 aromatic heterocycles. The summed E-state index contributed by atoms with van der Waals surface area (Å²) in [7, 11) is 0. The largest absolute Gasteiger partial charge is 0.481 e. The van der Waals surface area contributed by atoms with Gasteiger partial charge in [0.2, 0.25) is 6.79 Å². The number of hydrogen-bond donors (Lipinski definition) is 1. The number of carboxylic acids is 1. The maximum absolute atomic E-state index is 12.7. The van der Waals surface area contributed by atoms with Gasteiger partial charge < -0.3 is 14.6 Å². The quantitative estimate of drug-likeness (QED) is 0.859. The molecule has 25 heavy (non-hydrogen) atoms. The Morgan fingerprint density at radius 2 is 1.68 bits per heavy atom. The Kier molecular flexibility index (Phi) is 3.42. The highest BCUT2D eigenvalue weighted by molar-refractivity contribution is 6.21. The minimum atomic E-state index is -1.11. The highest BCUT2D eigenvalue weighted by Crippen LogP contribution is 2.39. The van der Waals surface area contributed by atoms with Crippen LogP contribution in [-0.2, 0) is 4.79 Å². The molecule has 0 aliphatic carbocycles. The molecule has 0 saturated heterocycles. The Balaban J connectivity index is 1.77. The van der Waals surface area contributed by atoms with Crippen molar-refractivity contribution in [1.82, 2.24) is 4.90 Å². The third kappa shape index (κ3) is 2.40. The molecule has 2 amide bonds. The van der Waals surface area contributed by atoms with Gasteiger partial charge in [-0.15, -0.1) is 0 Å². The highest BCUT2D eigenvalue weighted by atomic mass is 16.7. The van der Waals surface area contributed by atoms with Gasteiger partial charge in [-0.1, -0.05) is 18.2 Å². The van der Waals surface area contributed by atoms with Gasteiger partial charge in [-0.2, -0.15) is 0 Å². The molecule has 7 heteroatoms. The van der Waals surface area contributed by atoms with Crippen molar-refractivity contribution in [3.63, 3.8) is 0 Å². The van der Waals surface area contributed by atoms with Gasteiger partial charge in [0, 0.05) is 0 Å². The van der Waals surface area contributed by atoms with E-state index in [1.165, 1.54) is 0 Å². The fraction of sp³-hybridized carbons (Fsp3) is 0.167. The molecule has 0 unspecified atom stereocenters. The van der Waals surface area contributed by atoms with Crippen LogP contribution in [0.15, 0.2) is 42.5 Å². The number of carboxylic acid groups (broad SMARTS) is 1. The molecule has 126 valence electrons. The molecule has 1 N–H and O–H groups in total. The number of aliphatic carboxylic acids is 1. The number of hydrogen-bond acceptors (Lipinski definition) is 5. The molecule has 0 bridgehead atoms. The third-order valence-electron chi connectivity index (χ3n) is 4.29. The standard InChI is InChI=1S/C18H13NO6/c20-16(21)8-13(10-5-6-14-15(7-10)25-9-24-14)19-17(22)11-3-1-2-4-12(11)18(19)23/h1-7,13H,8-9H2,(H,20,21)/t13-/m1/s1. The Labute approximate surface area is 142 Å². The van der Waals surface area contributed by atoms with Crippen molar-refractivity contribution in [2.45, 2.75) is 12.5 Å². The van der Waals surface area contributed by atoms with Gasteiger partial charge in [0.15, 0.2) is 11.5 Å². The number of amides is 2. The lowest BCUT2D eigenvalue weighted by Gasteiger charge is -2.25. The molecule has 7 nitrogen and oxygen atoms in total. The van der Waals surface area contributed by atoms with Gasteiger partial charge in [-0.05, 0) is 29.8 Å². The van der Waals surface area contributed by atoms with Crippen LogP contribution in [0.5, 0.6) is 11.5 Å². The van der Waals surface area contributed by atoms with E-state index < -0.39 is 30.2 Å². The number of carbonyl (C=O) groups excluding carboxylic acids is 2. The zero-order valence-corrected chi connectivity index (χ0v) is 13.0. The second-order valence-electron chi connectivity index (χ2n) is 5.75. The number of benzene rings is 2. The van der Waals surface area contributed by atoms with Gasteiger partial charge in [0.05, 0.1) is 23.6 Å². The molecule has 4 rings (SSSR count). The summed E-state index contributed by atoms with van der Waals surface area (Å²) in [4.78, 5) is 37.8. The molecule has 2 heterocycles. The van der Waals surface area contributed by atoms with Crippen LogP contribution in [0.3, 0.4) is 0 Å². The molecule has 0 spiro atoms. The molecule has 1 atom stereocenters. The Bertz CT molecular complexity index is 871. The van der Waals surface area contributed by atoms with Crippen molar-refractivity contribution in [1.29, 1.82) is 0 Å². The van der Waals surface area contributed by atoms with E-state index in [-0.39, 0.29) is 17.9 Å². The van der Waals surface area contributed by atoms with Crippen LogP contribution in [0.25, 0.3) is 0 Å². The number of rotatable bonds is 4. The first kappa shape index (κ1) is 15.2. The van der Waals surface area contributed by atoms with Gasteiger partial charge in [-0.25, -0.2) is 0 Å². The summed E-state index contributed by atoms with van der Waals surface area (Å²) in [6, 6.07) is 10.4. The maximum Gasteiger partial charge on any atom is 0.305 e. The molecular weight excluding hydrogens is 326 g/mol. The summed E-state index contributed by atoms with van der Waals surface area (Å²) in [5.41, 5.74) is 1.06. The van der Waals surface area contributed by atoms with Gasteiger partial charge in [0.25, 0.3) is 11.8 Å². The maximum atomic E-state index is 12.7. The van der Waals surface area contributed by atoms with Gasteiger partial charge >= 0.3 is 5.97 Å². The first-order valence-corrected chi connectivity index (χ1v) is 7.64. The summed E-state index contributed by atoms with van der Waals surface area (Å²) in [6.07, 6.45) is -0.398. The van der Waals surface area contributed by atoms with Gasteiger partial charge in [0.1, 0.15) is 0 Å². The first-order valence-electron chi connectivity index (χ1n) is 7.64. The lowest BCUT2D eigenvalue weighted by molar-refractivity contribution is -0.138. The van der Waals surface area contributed by atoms with Crippen molar-refractivity contribution in [2.75, 3.05) is 6.79 Å². The van der Waals surface area contributed by atoms with Crippen LogP contribution in [0, 0.1) is 0 Å². The van der Waals surface area contributed by atoms with E-state index in [1.54, 1.807) is 42.5 Å². The summed E-state index contributed by atoms with van der Waals surface area (Å²) in [5, 5.41) is 9.28. The smallest absolute Gasteiger partial charge is 0.305 e. The summed E-state index contributed by atoms with van der Waals surface area (Å²) >= 11 is 0. The lowest BCUT2D eigenvalue weighted by atomic mass is 10.0. The second-order valence-corrected chi connectivity index (χ2v) is 5.75. The molecule has 0 saturated carbocycles. The van der Waals surface area contributed by atoms with Crippen molar-refractivity contribution < 1.29 is 29.0 Å². The molecule has 2 aromatic rings. The van der Waals surface area contributed by atoms with Crippen LogP contribution < -0.4 is 9.47 Å². The average molecular weight is 339 g/mol. The number of fused-ring (bicyclic) bond motifs is 2. The summed E-state index contributed by atoms with van der Waals surface area (Å²) in [6.45, 7) is 0.0788. The zero-order chi connectivity index (χ0) is 17.6.